The third kappa shape index (κ3) is 2.17. The highest BCUT2D eigenvalue weighted by Gasteiger charge is 2.31. The standard InChI is InChI=1S/C16H22N4O/c1-3-5-8-19-9-6-11-14(17)13-12(18-15(11)19)10-20(7-4-2)16(13)21/h6,9H,3-5,7-8,10H2,1-2H3,(H2,17,18). The van der Waals surface area contributed by atoms with Gasteiger partial charge in [0.25, 0.3) is 5.91 Å². The van der Waals surface area contributed by atoms with Crippen LogP contribution in [-0.2, 0) is 13.1 Å². The summed E-state index contributed by atoms with van der Waals surface area (Å²) in [4.78, 5) is 19.0. The number of aryl methyl sites for hydroxylation is 1. The molecule has 0 saturated heterocycles. The van der Waals surface area contributed by atoms with E-state index in [-0.39, 0.29) is 5.91 Å². The Hall–Kier alpha value is -2.04. The Balaban J connectivity index is 2.06. The molecule has 0 spiro atoms. The first-order valence-electron chi connectivity index (χ1n) is 7.73. The summed E-state index contributed by atoms with van der Waals surface area (Å²) in [6, 6.07) is 1.98. The summed E-state index contributed by atoms with van der Waals surface area (Å²) in [7, 11) is 0. The number of amides is 1. The zero-order valence-corrected chi connectivity index (χ0v) is 12.7. The van der Waals surface area contributed by atoms with E-state index in [1.54, 1.807) is 0 Å². The van der Waals surface area contributed by atoms with Crippen LogP contribution in [0.4, 0.5) is 5.69 Å². The average Bonchev–Trinajstić information content (AvgIpc) is 3.00. The second-order valence-corrected chi connectivity index (χ2v) is 5.67. The minimum Gasteiger partial charge on any atom is -0.397 e. The van der Waals surface area contributed by atoms with E-state index in [4.69, 9.17) is 10.7 Å². The summed E-state index contributed by atoms with van der Waals surface area (Å²) in [6.45, 7) is 6.53. The Kier molecular flexibility index (Phi) is 3.57. The van der Waals surface area contributed by atoms with E-state index in [1.165, 1.54) is 0 Å². The van der Waals surface area contributed by atoms with Crippen molar-refractivity contribution in [2.75, 3.05) is 12.3 Å². The number of hydrogen-bond donors (Lipinski definition) is 1. The van der Waals surface area contributed by atoms with Crippen molar-refractivity contribution in [3.63, 3.8) is 0 Å². The quantitative estimate of drug-likeness (QED) is 0.919. The van der Waals surface area contributed by atoms with Gasteiger partial charge in [0.2, 0.25) is 0 Å². The van der Waals surface area contributed by atoms with Crippen molar-refractivity contribution in [3.05, 3.63) is 23.5 Å². The molecule has 1 aliphatic heterocycles. The van der Waals surface area contributed by atoms with Gasteiger partial charge in [0, 0.05) is 24.7 Å². The highest BCUT2D eigenvalue weighted by Crippen LogP contribution is 2.32. The molecule has 2 N–H and O–H groups in total. The van der Waals surface area contributed by atoms with Crippen LogP contribution in [0.2, 0.25) is 0 Å². The van der Waals surface area contributed by atoms with Crippen LogP contribution in [0.1, 0.15) is 49.2 Å². The molecule has 21 heavy (non-hydrogen) atoms. The fraction of sp³-hybridized carbons (Fsp3) is 0.500. The van der Waals surface area contributed by atoms with Crippen LogP contribution in [0, 0.1) is 0 Å². The van der Waals surface area contributed by atoms with E-state index < -0.39 is 0 Å². The Bertz CT molecular complexity index is 689. The third-order valence-corrected chi connectivity index (χ3v) is 4.11. The van der Waals surface area contributed by atoms with Crippen molar-refractivity contribution in [3.8, 4) is 0 Å². The highest BCUT2D eigenvalue weighted by atomic mass is 16.2. The number of unbranched alkanes of at least 4 members (excludes halogenated alkanes) is 1. The lowest BCUT2D eigenvalue weighted by Crippen LogP contribution is -2.24. The zero-order valence-electron chi connectivity index (χ0n) is 12.7. The number of nitrogen functional groups attached to an aromatic ring is 1. The van der Waals surface area contributed by atoms with Gasteiger partial charge < -0.3 is 15.2 Å². The Morgan fingerprint density at radius 2 is 2.10 bits per heavy atom. The monoisotopic (exact) mass is 286 g/mol. The summed E-state index contributed by atoms with van der Waals surface area (Å²) >= 11 is 0. The normalized spacial score (nSPS) is 14.2. The number of hydrogen-bond acceptors (Lipinski definition) is 3. The number of rotatable bonds is 5. The van der Waals surface area contributed by atoms with Crippen molar-refractivity contribution in [1.82, 2.24) is 14.5 Å². The third-order valence-electron chi connectivity index (χ3n) is 4.11. The molecule has 1 amide bonds. The number of nitrogens with zero attached hydrogens (tertiary/aromatic N) is 3. The molecule has 3 rings (SSSR count). The van der Waals surface area contributed by atoms with E-state index in [1.807, 2.05) is 17.2 Å². The first-order valence-corrected chi connectivity index (χ1v) is 7.73. The molecule has 2 aromatic rings. The molecular weight excluding hydrogens is 264 g/mol. The van der Waals surface area contributed by atoms with Gasteiger partial charge in [-0.05, 0) is 18.9 Å². The van der Waals surface area contributed by atoms with Crippen molar-refractivity contribution >= 4 is 22.6 Å². The molecule has 0 bridgehead atoms. The van der Waals surface area contributed by atoms with Crippen LogP contribution in [0.3, 0.4) is 0 Å². The van der Waals surface area contributed by atoms with Gasteiger partial charge in [-0.3, -0.25) is 4.79 Å². The van der Waals surface area contributed by atoms with Crippen molar-refractivity contribution in [2.24, 2.45) is 0 Å². The minimum atomic E-state index is 0.0278. The zero-order chi connectivity index (χ0) is 15.0. The second kappa shape index (κ2) is 5.39. The van der Waals surface area contributed by atoms with E-state index in [0.29, 0.717) is 17.8 Å². The largest absolute Gasteiger partial charge is 0.397 e. The molecule has 0 aliphatic carbocycles. The van der Waals surface area contributed by atoms with Gasteiger partial charge in [-0.2, -0.15) is 0 Å². The van der Waals surface area contributed by atoms with Crippen LogP contribution in [-0.4, -0.2) is 26.9 Å². The van der Waals surface area contributed by atoms with Gasteiger partial charge >= 0.3 is 0 Å². The molecule has 0 saturated carbocycles. The van der Waals surface area contributed by atoms with Crippen molar-refractivity contribution < 1.29 is 4.79 Å². The number of carbonyl (C=O) groups is 1. The Labute approximate surface area is 124 Å². The van der Waals surface area contributed by atoms with Gasteiger partial charge in [0.15, 0.2) is 0 Å². The average molecular weight is 286 g/mol. The van der Waals surface area contributed by atoms with Crippen molar-refractivity contribution in [1.29, 1.82) is 0 Å². The molecule has 0 aromatic carbocycles. The van der Waals surface area contributed by atoms with E-state index in [9.17, 15) is 4.79 Å². The van der Waals surface area contributed by atoms with E-state index >= 15 is 0 Å². The number of carbonyl (C=O) groups excluding carboxylic acids is 1. The number of anilines is 1. The van der Waals surface area contributed by atoms with Crippen LogP contribution in [0.15, 0.2) is 12.3 Å². The maximum atomic E-state index is 12.4. The van der Waals surface area contributed by atoms with Crippen molar-refractivity contribution in [2.45, 2.75) is 46.2 Å². The van der Waals surface area contributed by atoms with Gasteiger partial charge in [-0.25, -0.2) is 4.98 Å². The first-order chi connectivity index (χ1) is 10.2. The fourth-order valence-electron chi connectivity index (χ4n) is 3.00. The van der Waals surface area contributed by atoms with Gasteiger partial charge in [-0.15, -0.1) is 0 Å². The number of fused-ring (bicyclic) bond motifs is 2. The smallest absolute Gasteiger partial charge is 0.258 e. The molecule has 0 atom stereocenters. The van der Waals surface area contributed by atoms with Crippen LogP contribution < -0.4 is 5.73 Å². The summed E-state index contributed by atoms with van der Waals surface area (Å²) in [5.41, 5.74) is 9.20. The molecule has 5 nitrogen and oxygen atoms in total. The lowest BCUT2D eigenvalue weighted by Gasteiger charge is -2.13. The predicted molar refractivity (Wildman–Crippen MR) is 84.1 cm³/mol. The molecule has 1 aliphatic rings. The van der Waals surface area contributed by atoms with Crippen LogP contribution >= 0.6 is 0 Å². The molecule has 5 heteroatoms. The minimum absolute atomic E-state index is 0.0278. The number of nitrogens with two attached hydrogens (primary N) is 1. The Morgan fingerprint density at radius 1 is 1.29 bits per heavy atom. The second-order valence-electron chi connectivity index (χ2n) is 5.67. The molecular formula is C16H22N4O. The summed E-state index contributed by atoms with van der Waals surface area (Å²) < 4.78 is 2.14. The number of pyridine rings is 1. The molecule has 112 valence electrons. The maximum Gasteiger partial charge on any atom is 0.258 e. The molecule has 2 aromatic heterocycles. The van der Waals surface area contributed by atoms with Gasteiger partial charge in [-0.1, -0.05) is 20.3 Å². The lowest BCUT2D eigenvalue weighted by atomic mass is 10.1. The van der Waals surface area contributed by atoms with Crippen LogP contribution in [0.5, 0.6) is 0 Å². The number of aromatic nitrogens is 2. The molecule has 3 heterocycles. The fourth-order valence-corrected chi connectivity index (χ4v) is 3.00. The van der Waals surface area contributed by atoms with E-state index in [0.717, 1.165) is 49.1 Å². The summed E-state index contributed by atoms with van der Waals surface area (Å²) in [5.74, 6) is 0.0278. The summed E-state index contributed by atoms with van der Waals surface area (Å²) in [6.07, 6.45) is 5.22. The molecule has 0 unspecified atom stereocenters. The van der Waals surface area contributed by atoms with E-state index in [2.05, 4.69) is 18.4 Å². The predicted octanol–water partition coefficient (Wildman–Crippen LogP) is 2.78. The highest BCUT2D eigenvalue weighted by molar-refractivity contribution is 6.08. The molecule has 0 radical (unpaired) electrons. The van der Waals surface area contributed by atoms with Crippen LogP contribution in [0.25, 0.3) is 11.0 Å². The topological polar surface area (TPSA) is 64.2 Å². The molecule has 0 fully saturated rings. The maximum absolute atomic E-state index is 12.4. The lowest BCUT2D eigenvalue weighted by molar-refractivity contribution is 0.0779. The first kappa shape index (κ1) is 13.9. The van der Waals surface area contributed by atoms with Gasteiger partial charge in [0.05, 0.1) is 23.5 Å². The van der Waals surface area contributed by atoms with Gasteiger partial charge in [0.1, 0.15) is 5.65 Å². The Morgan fingerprint density at radius 3 is 2.81 bits per heavy atom. The SMILES string of the molecule is CCCCn1ccc2c(N)c3c(nc21)CN(CCC)C3=O. The summed E-state index contributed by atoms with van der Waals surface area (Å²) in [5, 5.41) is 0.900.